The minimum absolute atomic E-state index is 0.0313. The summed E-state index contributed by atoms with van der Waals surface area (Å²) in [6.45, 7) is 1.69. The standard InChI is InChI=1S/C21H23ClN2O5S/c1-14(7-8-15-5-3-2-4-6-15)23-20(25)9-10-30(27,28)19-12-18-17(11-16(19)22)24-21(26)13-29-18/h2-6,11-12,14H,7-10,13H2,1H3,(H,23,25)(H,24,26)/t14-/m1/s1. The first kappa shape index (κ1) is 22.1. The summed E-state index contributed by atoms with van der Waals surface area (Å²) in [5.41, 5.74) is 1.50. The van der Waals surface area contributed by atoms with E-state index >= 15 is 0 Å². The lowest BCUT2D eigenvalue weighted by Crippen LogP contribution is -2.34. The van der Waals surface area contributed by atoms with E-state index in [1.165, 1.54) is 17.7 Å². The fourth-order valence-corrected chi connectivity index (χ4v) is 4.94. The lowest BCUT2D eigenvalue weighted by Gasteiger charge is -2.19. The SMILES string of the molecule is C[C@H](CCc1ccccc1)NC(=O)CCS(=O)(=O)c1cc2c(cc1Cl)NC(=O)CO2. The summed E-state index contributed by atoms with van der Waals surface area (Å²) >= 11 is 6.11. The molecule has 1 atom stereocenters. The number of amides is 2. The van der Waals surface area contributed by atoms with Gasteiger partial charge in [-0.1, -0.05) is 41.9 Å². The molecule has 0 radical (unpaired) electrons. The van der Waals surface area contributed by atoms with Crippen LogP contribution in [0.4, 0.5) is 5.69 Å². The summed E-state index contributed by atoms with van der Waals surface area (Å²) in [4.78, 5) is 23.5. The van der Waals surface area contributed by atoms with Crippen LogP contribution in [-0.4, -0.2) is 38.6 Å². The van der Waals surface area contributed by atoms with Crippen molar-refractivity contribution in [2.45, 2.75) is 37.1 Å². The van der Waals surface area contributed by atoms with Gasteiger partial charge in [-0.05, 0) is 31.4 Å². The number of carbonyl (C=O) groups excluding carboxylic acids is 2. The maximum absolute atomic E-state index is 12.7. The van der Waals surface area contributed by atoms with Crippen molar-refractivity contribution in [2.75, 3.05) is 17.7 Å². The van der Waals surface area contributed by atoms with Gasteiger partial charge in [0.1, 0.15) is 5.75 Å². The number of benzene rings is 2. The fraction of sp³-hybridized carbons (Fsp3) is 0.333. The molecule has 160 valence electrons. The molecule has 3 rings (SSSR count). The zero-order valence-electron chi connectivity index (χ0n) is 16.5. The number of aryl methyl sites for hydroxylation is 1. The van der Waals surface area contributed by atoms with Crippen molar-refractivity contribution in [1.82, 2.24) is 5.32 Å². The second-order valence-corrected chi connectivity index (χ2v) is 9.66. The molecule has 2 aromatic carbocycles. The molecule has 2 amide bonds. The third kappa shape index (κ3) is 5.73. The van der Waals surface area contributed by atoms with Crippen LogP contribution in [0.5, 0.6) is 5.75 Å². The summed E-state index contributed by atoms with van der Waals surface area (Å²) in [5.74, 6) is -0.824. The average Bonchev–Trinajstić information content (AvgIpc) is 2.71. The molecule has 1 heterocycles. The van der Waals surface area contributed by atoms with Crippen molar-refractivity contribution < 1.29 is 22.7 Å². The molecule has 9 heteroatoms. The van der Waals surface area contributed by atoms with Gasteiger partial charge >= 0.3 is 0 Å². The number of fused-ring (bicyclic) bond motifs is 1. The van der Waals surface area contributed by atoms with Crippen LogP contribution in [0.3, 0.4) is 0 Å². The van der Waals surface area contributed by atoms with E-state index in [4.69, 9.17) is 16.3 Å². The van der Waals surface area contributed by atoms with E-state index in [1.807, 2.05) is 37.3 Å². The molecule has 7 nitrogen and oxygen atoms in total. The minimum atomic E-state index is -3.81. The van der Waals surface area contributed by atoms with Crippen LogP contribution in [0.2, 0.25) is 5.02 Å². The summed E-state index contributed by atoms with van der Waals surface area (Å²) in [5, 5.41) is 5.37. The van der Waals surface area contributed by atoms with Crippen LogP contribution in [0.15, 0.2) is 47.4 Å². The normalized spacial score (nSPS) is 14.3. The molecule has 1 aliphatic heterocycles. The molecule has 0 bridgehead atoms. The van der Waals surface area contributed by atoms with E-state index in [1.54, 1.807) is 0 Å². The van der Waals surface area contributed by atoms with Gasteiger partial charge in [0.2, 0.25) is 5.91 Å². The second-order valence-electron chi connectivity index (χ2n) is 7.18. The zero-order chi connectivity index (χ0) is 21.7. The molecule has 0 saturated heterocycles. The van der Waals surface area contributed by atoms with Gasteiger partial charge < -0.3 is 15.4 Å². The predicted octanol–water partition coefficient (Wildman–Crippen LogP) is 2.97. The molecule has 0 fully saturated rings. The first-order valence-electron chi connectivity index (χ1n) is 9.57. The zero-order valence-corrected chi connectivity index (χ0v) is 18.1. The molecule has 2 aromatic rings. The largest absolute Gasteiger partial charge is 0.482 e. The molecular weight excluding hydrogens is 428 g/mol. The number of anilines is 1. The molecular formula is C21H23ClN2O5S. The van der Waals surface area contributed by atoms with Gasteiger partial charge in [-0.15, -0.1) is 0 Å². The maximum Gasteiger partial charge on any atom is 0.262 e. The lowest BCUT2D eigenvalue weighted by atomic mass is 10.1. The molecule has 30 heavy (non-hydrogen) atoms. The van der Waals surface area contributed by atoms with Gasteiger partial charge in [0.05, 0.1) is 21.4 Å². The van der Waals surface area contributed by atoms with Gasteiger partial charge in [0.25, 0.3) is 5.91 Å². The number of sulfone groups is 1. The number of hydrogen-bond donors (Lipinski definition) is 2. The minimum Gasteiger partial charge on any atom is -0.482 e. The lowest BCUT2D eigenvalue weighted by molar-refractivity contribution is -0.121. The topological polar surface area (TPSA) is 102 Å². The Labute approximate surface area is 180 Å². The first-order valence-corrected chi connectivity index (χ1v) is 11.6. The van der Waals surface area contributed by atoms with Crippen LogP contribution >= 0.6 is 11.6 Å². The monoisotopic (exact) mass is 450 g/mol. The summed E-state index contributed by atoms with van der Waals surface area (Å²) < 4.78 is 30.6. The maximum atomic E-state index is 12.7. The Morgan fingerprint density at radius 2 is 2.00 bits per heavy atom. The van der Waals surface area contributed by atoms with E-state index in [0.29, 0.717) is 5.69 Å². The number of halogens is 1. The van der Waals surface area contributed by atoms with Gasteiger partial charge in [-0.25, -0.2) is 8.42 Å². The molecule has 0 aromatic heterocycles. The van der Waals surface area contributed by atoms with Gasteiger partial charge in [-0.2, -0.15) is 0 Å². The second kappa shape index (κ2) is 9.49. The highest BCUT2D eigenvalue weighted by atomic mass is 35.5. The Morgan fingerprint density at radius 1 is 1.27 bits per heavy atom. The fourth-order valence-electron chi connectivity index (χ4n) is 3.10. The highest BCUT2D eigenvalue weighted by Crippen LogP contribution is 2.36. The average molecular weight is 451 g/mol. The Bertz CT molecular complexity index is 1040. The van der Waals surface area contributed by atoms with E-state index < -0.39 is 9.84 Å². The van der Waals surface area contributed by atoms with Gasteiger partial charge in [-0.3, -0.25) is 9.59 Å². The summed E-state index contributed by atoms with van der Waals surface area (Å²) in [6.07, 6.45) is 1.40. The van der Waals surface area contributed by atoms with Crippen molar-refractivity contribution in [3.8, 4) is 5.75 Å². The predicted molar refractivity (Wildman–Crippen MR) is 115 cm³/mol. The molecule has 0 aliphatic carbocycles. The first-order chi connectivity index (χ1) is 14.2. The molecule has 0 spiro atoms. The Kier molecular flexibility index (Phi) is 6.99. The third-order valence-electron chi connectivity index (χ3n) is 4.72. The number of carbonyl (C=O) groups is 2. The van der Waals surface area contributed by atoms with Gasteiger partial charge in [0, 0.05) is 18.5 Å². The van der Waals surface area contributed by atoms with Crippen molar-refractivity contribution in [3.05, 3.63) is 53.1 Å². The van der Waals surface area contributed by atoms with E-state index in [-0.39, 0.29) is 52.3 Å². The Morgan fingerprint density at radius 3 is 2.73 bits per heavy atom. The number of nitrogens with one attached hydrogen (secondary N) is 2. The van der Waals surface area contributed by atoms with Crippen LogP contribution in [0.1, 0.15) is 25.3 Å². The highest BCUT2D eigenvalue weighted by Gasteiger charge is 2.25. The summed E-state index contributed by atoms with van der Waals surface area (Å²) in [7, 11) is -3.81. The van der Waals surface area contributed by atoms with Crippen LogP contribution in [0.25, 0.3) is 0 Å². The van der Waals surface area contributed by atoms with Crippen LogP contribution in [0, 0.1) is 0 Å². The Balaban J connectivity index is 1.55. The smallest absolute Gasteiger partial charge is 0.262 e. The van der Waals surface area contributed by atoms with E-state index in [2.05, 4.69) is 10.6 Å². The number of rotatable bonds is 8. The molecule has 1 aliphatic rings. The van der Waals surface area contributed by atoms with Crippen molar-refractivity contribution in [1.29, 1.82) is 0 Å². The van der Waals surface area contributed by atoms with Crippen LogP contribution < -0.4 is 15.4 Å². The van der Waals surface area contributed by atoms with Crippen LogP contribution in [-0.2, 0) is 25.8 Å². The van der Waals surface area contributed by atoms with Gasteiger partial charge in [0.15, 0.2) is 16.4 Å². The summed E-state index contributed by atoms with van der Waals surface area (Å²) in [6, 6.07) is 12.5. The Hall–Kier alpha value is -2.58. The number of hydrogen-bond acceptors (Lipinski definition) is 5. The van der Waals surface area contributed by atoms with E-state index in [9.17, 15) is 18.0 Å². The van der Waals surface area contributed by atoms with Crippen molar-refractivity contribution in [2.24, 2.45) is 0 Å². The molecule has 0 saturated carbocycles. The molecule has 0 unspecified atom stereocenters. The number of ether oxygens (including phenoxy) is 1. The highest BCUT2D eigenvalue weighted by molar-refractivity contribution is 7.91. The van der Waals surface area contributed by atoms with E-state index in [0.717, 1.165) is 12.8 Å². The van der Waals surface area contributed by atoms with Crippen molar-refractivity contribution >= 4 is 38.9 Å². The molecule has 2 N–H and O–H groups in total. The van der Waals surface area contributed by atoms with Crippen molar-refractivity contribution in [3.63, 3.8) is 0 Å². The quantitative estimate of drug-likeness (QED) is 0.643. The third-order valence-corrected chi connectivity index (χ3v) is 6.89.